The molecule has 146 valence electrons. The van der Waals surface area contributed by atoms with Gasteiger partial charge in [0.1, 0.15) is 0 Å². The van der Waals surface area contributed by atoms with Gasteiger partial charge in [0.15, 0.2) is 27.2 Å². The molecule has 1 heterocycles. The molecule has 1 aromatic heterocycles. The number of furan rings is 1. The molecule has 5 nitrogen and oxygen atoms in total. The van der Waals surface area contributed by atoms with Gasteiger partial charge in [0.25, 0.3) is 5.91 Å². The minimum atomic E-state index is -3.66. The molecule has 0 fully saturated rings. The Morgan fingerprint density at radius 2 is 1.75 bits per heavy atom. The number of benzene rings is 2. The molecule has 0 saturated carbocycles. The van der Waals surface area contributed by atoms with Crippen LogP contribution in [0.4, 0.5) is 8.78 Å². The van der Waals surface area contributed by atoms with Crippen molar-refractivity contribution in [3.05, 3.63) is 89.4 Å². The van der Waals surface area contributed by atoms with Crippen LogP contribution in [0.1, 0.15) is 21.7 Å². The lowest BCUT2D eigenvalue weighted by molar-refractivity contribution is 0.0752. The second kappa shape index (κ2) is 7.93. The van der Waals surface area contributed by atoms with E-state index in [-0.39, 0.29) is 22.8 Å². The molecular weight excluding hydrogens is 388 g/mol. The molecule has 8 heteroatoms. The number of hydrogen-bond donors (Lipinski definition) is 0. The number of sulfone groups is 1. The molecule has 0 bridgehead atoms. The minimum Gasteiger partial charge on any atom is -0.459 e. The van der Waals surface area contributed by atoms with Crippen molar-refractivity contribution < 1.29 is 26.4 Å². The SMILES string of the molecule is CN(Cc1ccc(F)c(F)c1)C(=O)c1occc1CS(=O)(=O)c1ccccc1. The number of amides is 1. The molecule has 3 rings (SSSR count). The van der Waals surface area contributed by atoms with Crippen LogP contribution in [0.2, 0.25) is 0 Å². The first-order valence-corrected chi connectivity index (χ1v) is 9.97. The summed E-state index contributed by atoms with van der Waals surface area (Å²) in [7, 11) is -2.20. The number of hydrogen-bond acceptors (Lipinski definition) is 4. The summed E-state index contributed by atoms with van der Waals surface area (Å²) in [6.07, 6.45) is 1.24. The smallest absolute Gasteiger partial charge is 0.289 e. The summed E-state index contributed by atoms with van der Waals surface area (Å²) in [5, 5.41) is 0. The Hall–Kier alpha value is -3.00. The van der Waals surface area contributed by atoms with E-state index in [0.29, 0.717) is 5.56 Å². The number of nitrogens with zero attached hydrogens (tertiary/aromatic N) is 1. The molecule has 3 aromatic rings. The van der Waals surface area contributed by atoms with Gasteiger partial charge in [-0.1, -0.05) is 24.3 Å². The van der Waals surface area contributed by atoms with Crippen molar-refractivity contribution in [2.45, 2.75) is 17.2 Å². The average Bonchev–Trinajstić information content (AvgIpc) is 3.12. The highest BCUT2D eigenvalue weighted by Gasteiger charge is 2.24. The highest BCUT2D eigenvalue weighted by Crippen LogP contribution is 2.21. The van der Waals surface area contributed by atoms with Crippen LogP contribution in [-0.2, 0) is 22.1 Å². The molecule has 0 atom stereocenters. The molecule has 1 amide bonds. The van der Waals surface area contributed by atoms with Gasteiger partial charge >= 0.3 is 0 Å². The van der Waals surface area contributed by atoms with E-state index in [1.54, 1.807) is 18.2 Å². The Morgan fingerprint density at radius 3 is 2.43 bits per heavy atom. The van der Waals surface area contributed by atoms with Crippen molar-refractivity contribution in [1.82, 2.24) is 4.90 Å². The van der Waals surface area contributed by atoms with Gasteiger partial charge in [0.2, 0.25) is 0 Å². The zero-order valence-electron chi connectivity index (χ0n) is 14.9. The lowest BCUT2D eigenvalue weighted by atomic mass is 10.2. The van der Waals surface area contributed by atoms with E-state index in [9.17, 15) is 22.0 Å². The highest BCUT2D eigenvalue weighted by atomic mass is 32.2. The van der Waals surface area contributed by atoms with Crippen molar-refractivity contribution in [1.29, 1.82) is 0 Å². The number of halogens is 2. The second-order valence-corrected chi connectivity index (χ2v) is 8.25. The topological polar surface area (TPSA) is 67.6 Å². The van der Waals surface area contributed by atoms with Crippen LogP contribution >= 0.6 is 0 Å². The molecule has 28 heavy (non-hydrogen) atoms. The molecule has 0 aliphatic carbocycles. The molecule has 0 N–H and O–H groups in total. The van der Waals surface area contributed by atoms with Crippen molar-refractivity contribution in [2.75, 3.05) is 7.05 Å². The zero-order chi connectivity index (χ0) is 20.3. The summed E-state index contributed by atoms with van der Waals surface area (Å²) in [6.45, 7) is 0.00160. The van der Waals surface area contributed by atoms with Crippen LogP contribution in [0.15, 0.2) is 70.2 Å². The maximum absolute atomic E-state index is 13.4. The van der Waals surface area contributed by atoms with Gasteiger partial charge in [-0.2, -0.15) is 0 Å². The number of rotatable bonds is 6. The van der Waals surface area contributed by atoms with Gasteiger partial charge < -0.3 is 9.32 Å². The fourth-order valence-corrected chi connectivity index (χ4v) is 4.09. The highest BCUT2D eigenvalue weighted by molar-refractivity contribution is 7.90. The Bertz CT molecular complexity index is 1090. The van der Waals surface area contributed by atoms with Gasteiger partial charge in [-0.3, -0.25) is 4.79 Å². The Kier molecular flexibility index (Phi) is 5.60. The van der Waals surface area contributed by atoms with Crippen LogP contribution in [0.5, 0.6) is 0 Å². The lowest BCUT2D eigenvalue weighted by Gasteiger charge is -2.17. The molecule has 0 aliphatic heterocycles. The first kappa shape index (κ1) is 19.8. The number of carbonyl (C=O) groups excluding carboxylic acids is 1. The molecule has 2 aromatic carbocycles. The molecule has 0 spiro atoms. The molecular formula is C20H17F2NO4S. The van der Waals surface area contributed by atoms with E-state index in [4.69, 9.17) is 4.42 Å². The summed E-state index contributed by atoms with van der Waals surface area (Å²) in [5.41, 5.74) is 0.616. The maximum atomic E-state index is 13.4. The average molecular weight is 405 g/mol. The van der Waals surface area contributed by atoms with E-state index in [1.165, 1.54) is 42.5 Å². The third-order valence-electron chi connectivity index (χ3n) is 4.14. The van der Waals surface area contributed by atoms with E-state index in [2.05, 4.69) is 0 Å². The van der Waals surface area contributed by atoms with Gasteiger partial charge in [-0.25, -0.2) is 17.2 Å². The standard InChI is InChI=1S/C20H17F2NO4S/c1-23(12-14-7-8-17(21)18(22)11-14)20(24)19-15(9-10-27-19)13-28(25,26)16-5-3-2-4-6-16/h2-11H,12-13H2,1H3. The normalized spacial score (nSPS) is 11.4. The van der Waals surface area contributed by atoms with E-state index in [1.807, 2.05) is 0 Å². The van der Waals surface area contributed by atoms with Gasteiger partial charge in [-0.15, -0.1) is 0 Å². The third kappa shape index (κ3) is 4.28. The van der Waals surface area contributed by atoms with Crippen molar-refractivity contribution in [2.24, 2.45) is 0 Å². The van der Waals surface area contributed by atoms with Crippen LogP contribution in [0, 0.1) is 11.6 Å². The summed E-state index contributed by atoms with van der Waals surface area (Å²) >= 11 is 0. The monoisotopic (exact) mass is 405 g/mol. The third-order valence-corrected chi connectivity index (χ3v) is 5.82. The number of carbonyl (C=O) groups is 1. The Morgan fingerprint density at radius 1 is 1.04 bits per heavy atom. The molecule has 0 unspecified atom stereocenters. The van der Waals surface area contributed by atoms with Crippen molar-refractivity contribution in [3.63, 3.8) is 0 Å². The maximum Gasteiger partial charge on any atom is 0.289 e. The fraction of sp³-hybridized carbons (Fsp3) is 0.150. The lowest BCUT2D eigenvalue weighted by Crippen LogP contribution is -2.27. The van der Waals surface area contributed by atoms with Crippen molar-refractivity contribution in [3.8, 4) is 0 Å². The van der Waals surface area contributed by atoms with Crippen LogP contribution in [0.25, 0.3) is 0 Å². The molecule has 0 saturated heterocycles. The Labute approximate surface area is 161 Å². The minimum absolute atomic E-state index is 0.00160. The predicted molar refractivity (Wildman–Crippen MR) is 98.2 cm³/mol. The quantitative estimate of drug-likeness (QED) is 0.626. The second-order valence-electron chi connectivity index (χ2n) is 6.26. The largest absolute Gasteiger partial charge is 0.459 e. The first-order chi connectivity index (χ1) is 13.3. The van der Waals surface area contributed by atoms with E-state index < -0.39 is 33.1 Å². The van der Waals surface area contributed by atoms with Gasteiger partial charge in [0.05, 0.1) is 16.9 Å². The van der Waals surface area contributed by atoms with Gasteiger partial charge in [-0.05, 0) is 35.9 Å². The zero-order valence-corrected chi connectivity index (χ0v) is 15.7. The van der Waals surface area contributed by atoms with Crippen molar-refractivity contribution >= 4 is 15.7 Å². The predicted octanol–water partition coefficient (Wildman–Crippen LogP) is 3.80. The molecule has 0 aliphatic rings. The fourth-order valence-electron chi connectivity index (χ4n) is 2.71. The summed E-state index contributed by atoms with van der Waals surface area (Å²) in [5.74, 6) is -3.05. The van der Waals surface area contributed by atoms with Gasteiger partial charge in [0, 0.05) is 19.2 Å². The molecule has 0 radical (unpaired) electrons. The summed E-state index contributed by atoms with van der Waals surface area (Å²) in [6, 6.07) is 12.7. The summed E-state index contributed by atoms with van der Waals surface area (Å²) in [4.78, 5) is 14.1. The first-order valence-electron chi connectivity index (χ1n) is 8.31. The van der Waals surface area contributed by atoms with Crippen LogP contribution in [0.3, 0.4) is 0 Å². The Balaban J connectivity index is 1.78. The van der Waals surface area contributed by atoms with E-state index in [0.717, 1.165) is 12.1 Å². The van der Waals surface area contributed by atoms with E-state index >= 15 is 0 Å². The van der Waals surface area contributed by atoms with Crippen LogP contribution < -0.4 is 0 Å². The summed E-state index contributed by atoms with van der Waals surface area (Å²) < 4.78 is 56.7. The van der Waals surface area contributed by atoms with Crippen LogP contribution in [-0.4, -0.2) is 26.3 Å².